The van der Waals surface area contributed by atoms with E-state index in [1.54, 1.807) is 24.3 Å². The first-order valence-corrected chi connectivity index (χ1v) is 10.1. The summed E-state index contributed by atoms with van der Waals surface area (Å²) in [5, 5.41) is 4.08. The van der Waals surface area contributed by atoms with Crippen molar-refractivity contribution in [2.45, 2.75) is 32.1 Å². The Labute approximate surface area is 175 Å². The highest BCUT2D eigenvalue weighted by atomic mass is 16.5. The van der Waals surface area contributed by atoms with Crippen LogP contribution in [0.25, 0.3) is 11.4 Å². The van der Waals surface area contributed by atoms with Gasteiger partial charge in [-0.3, -0.25) is 4.90 Å². The fourth-order valence-corrected chi connectivity index (χ4v) is 3.58. The van der Waals surface area contributed by atoms with Crippen molar-refractivity contribution in [2.24, 2.45) is 0 Å². The van der Waals surface area contributed by atoms with E-state index in [4.69, 9.17) is 14.0 Å². The quantitative estimate of drug-likeness (QED) is 0.553. The molecule has 2 aromatic carbocycles. The Morgan fingerprint density at radius 2 is 1.97 bits per heavy atom. The lowest BCUT2D eigenvalue weighted by Gasteiger charge is -2.31. The summed E-state index contributed by atoms with van der Waals surface area (Å²) in [5.41, 5.74) is 2.47. The van der Waals surface area contributed by atoms with Crippen molar-refractivity contribution in [3.8, 4) is 11.4 Å². The number of esters is 1. The van der Waals surface area contributed by atoms with Crippen LogP contribution in [0, 0.1) is 0 Å². The third kappa shape index (κ3) is 5.11. The molecule has 156 valence electrons. The van der Waals surface area contributed by atoms with Crippen LogP contribution >= 0.6 is 0 Å². The van der Waals surface area contributed by atoms with E-state index in [1.165, 1.54) is 12.7 Å². The van der Waals surface area contributed by atoms with Gasteiger partial charge in [0, 0.05) is 12.1 Å². The van der Waals surface area contributed by atoms with Gasteiger partial charge in [0.25, 0.3) is 0 Å². The summed E-state index contributed by atoms with van der Waals surface area (Å²) >= 11 is 0. The Bertz CT molecular complexity index is 956. The maximum atomic E-state index is 11.6. The molecule has 1 atom stereocenters. The third-order valence-electron chi connectivity index (χ3n) is 5.18. The standard InChI is InChI=1S/C23H25N3O4/c1-28-23(27)19-11-9-18(10-12-19)22-24-21(30-25-22)15-26-13-5-8-20(14-26)29-16-17-6-3-2-4-7-17/h2-4,6-7,9-12,20H,5,8,13-16H2,1H3/t20-/m1/s1. The summed E-state index contributed by atoms with van der Waals surface area (Å²) in [6, 6.07) is 17.2. The molecule has 1 aliphatic rings. The number of methoxy groups -OCH3 is 1. The fraction of sp³-hybridized carbons (Fsp3) is 0.348. The molecule has 1 aliphatic heterocycles. The molecular formula is C23H25N3O4. The van der Waals surface area contributed by atoms with E-state index >= 15 is 0 Å². The first-order chi connectivity index (χ1) is 14.7. The number of likely N-dealkylation sites (tertiary alicyclic amines) is 1. The largest absolute Gasteiger partial charge is 0.465 e. The molecule has 7 heteroatoms. The molecular weight excluding hydrogens is 382 g/mol. The molecule has 0 saturated carbocycles. The van der Waals surface area contributed by atoms with Crippen LogP contribution < -0.4 is 0 Å². The second-order valence-corrected chi connectivity index (χ2v) is 7.38. The van der Waals surface area contributed by atoms with Crippen molar-refractivity contribution in [3.63, 3.8) is 0 Å². The smallest absolute Gasteiger partial charge is 0.337 e. The number of rotatable bonds is 7. The third-order valence-corrected chi connectivity index (χ3v) is 5.18. The van der Waals surface area contributed by atoms with E-state index in [-0.39, 0.29) is 12.1 Å². The molecule has 0 N–H and O–H groups in total. The van der Waals surface area contributed by atoms with Crippen molar-refractivity contribution >= 4 is 5.97 Å². The minimum absolute atomic E-state index is 0.201. The topological polar surface area (TPSA) is 77.7 Å². The van der Waals surface area contributed by atoms with Crippen molar-refractivity contribution in [1.29, 1.82) is 0 Å². The zero-order valence-corrected chi connectivity index (χ0v) is 17.0. The van der Waals surface area contributed by atoms with Gasteiger partial charge in [-0.2, -0.15) is 4.98 Å². The minimum Gasteiger partial charge on any atom is -0.465 e. The number of piperidine rings is 1. The number of carbonyl (C=O) groups is 1. The predicted molar refractivity (Wildman–Crippen MR) is 111 cm³/mol. The van der Waals surface area contributed by atoms with Crippen molar-refractivity contribution in [3.05, 3.63) is 71.6 Å². The summed E-state index contributed by atoms with van der Waals surface area (Å²) in [6.45, 7) is 3.05. The highest BCUT2D eigenvalue weighted by Crippen LogP contribution is 2.20. The van der Waals surface area contributed by atoms with Crippen LogP contribution in [0.4, 0.5) is 0 Å². The maximum Gasteiger partial charge on any atom is 0.337 e. The number of benzene rings is 2. The molecule has 4 rings (SSSR count). The van der Waals surface area contributed by atoms with E-state index in [9.17, 15) is 4.79 Å². The first kappa shape index (κ1) is 20.3. The maximum absolute atomic E-state index is 11.6. The summed E-state index contributed by atoms with van der Waals surface area (Å²) in [6.07, 6.45) is 2.34. The highest BCUT2D eigenvalue weighted by molar-refractivity contribution is 5.89. The van der Waals surface area contributed by atoms with Gasteiger partial charge in [-0.15, -0.1) is 0 Å². The van der Waals surface area contributed by atoms with Crippen molar-refractivity contribution < 1.29 is 18.8 Å². The van der Waals surface area contributed by atoms with Crippen LogP contribution in [0.5, 0.6) is 0 Å². The van der Waals surface area contributed by atoms with Gasteiger partial charge in [0.15, 0.2) is 0 Å². The molecule has 1 aromatic heterocycles. The number of hydrogen-bond donors (Lipinski definition) is 0. The zero-order chi connectivity index (χ0) is 20.8. The second-order valence-electron chi connectivity index (χ2n) is 7.38. The number of carbonyl (C=O) groups excluding carboxylic acids is 1. The van der Waals surface area contributed by atoms with Crippen LogP contribution in [0.15, 0.2) is 59.1 Å². The van der Waals surface area contributed by atoms with Crippen LogP contribution in [0.3, 0.4) is 0 Å². The normalized spacial score (nSPS) is 17.0. The average molecular weight is 407 g/mol. The molecule has 0 bridgehead atoms. The molecule has 0 amide bonds. The highest BCUT2D eigenvalue weighted by Gasteiger charge is 2.22. The molecule has 1 fully saturated rings. The van der Waals surface area contributed by atoms with Gasteiger partial charge >= 0.3 is 5.97 Å². The monoisotopic (exact) mass is 407 g/mol. The van der Waals surface area contributed by atoms with Crippen LogP contribution in [-0.2, 0) is 22.6 Å². The lowest BCUT2D eigenvalue weighted by molar-refractivity contribution is -0.0141. The Morgan fingerprint density at radius 3 is 2.73 bits per heavy atom. The number of nitrogens with zero attached hydrogens (tertiary/aromatic N) is 3. The number of ether oxygens (including phenoxy) is 2. The Hall–Kier alpha value is -3.03. The lowest BCUT2D eigenvalue weighted by atomic mass is 10.1. The number of aromatic nitrogens is 2. The van der Waals surface area contributed by atoms with Gasteiger partial charge in [0.2, 0.25) is 11.7 Å². The van der Waals surface area contributed by atoms with Gasteiger partial charge < -0.3 is 14.0 Å². The van der Waals surface area contributed by atoms with Gasteiger partial charge in [0.1, 0.15) is 0 Å². The summed E-state index contributed by atoms with van der Waals surface area (Å²) in [7, 11) is 1.36. The van der Waals surface area contributed by atoms with Gasteiger partial charge in [-0.05, 0) is 37.1 Å². The van der Waals surface area contributed by atoms with Crippen molar-refractivity contribution in [1.82, 2.24) is 15.0 Å². The molecule has 2 heterocycles. The summed E-state index contributed by atoms with van der Waals surface area (Å²) in [5.74, 6) is 0.713. The van der Waals surface area contributed by atoms with E-state index in [0.29, 0.717) is 30.4 Å². The summed E-state index contributed by atoms with van der Waals surface area (Å²) in [4.78, 5) is 18.4. The Balaban J connectivity index is 1.32. The van der Waals surface area contributed by atoms with Crippen molar-refractivity contribution in [2.75, 3.05) is 20.2 Å². The Morgan fingerprint density at radius 1 is 1.17 bits per heavy atom. The van der Waals surface area contributed by atoms with E-state index in [0.717, 1.165) is 31.5 Å². The molecule has 0 radical (unpaired) electrons. The van der Waals surface area contributed by atoms with Crippen LogP contribution in [0.1, 0.15) is 34.7 Å². The molecule has 7 nitrogen and oxygen atoms in total. The second kappa shape index (κ2) is 9.65. The van der Waals surface area contributed by atoms with Gasteiger partial charge in [-0.1, -0.05) is 47.6 Å². The zero-order valence-electron chi connectivity index (χ0n) is 17.0. The van der Waals surface area contributed by atoms with Gasteiger partial charge in [0.05, 0.1) is 31.9 Å². The van der Waals surface area contributed by atoms with Gasteiger partial charge in [-0.25, -0.2) is 4.79 Å². The lowest BCUT2D eigenvalue weighted by Crippen LogP contribution is -2.39. The number of hydrogen-bond acceptors (Lipinski definition) is 7. The van der Waals surface area contributed by atoms with Crippen LogP contribution in [-0.4, -0.2) is 47.3 Å². The SMILES string of the molecule is COC(=O)c1ccc(-c2noc(CN3CCC[C@@H](OCc4ccccc4)C3)n2)cc1. The Kier molecular flexibility index (Phi) is 6.51. The van der Waals surface area contributed by atoms with E-state index in [1.807, 2.05) is 18.2 Å². The molecule has 1 saturated heterocycles. The molecule has 0 unspecified atom stereocenters. The molecule has 3 aromatic rings. The molecule has 0 spiro atoms. The predicted octanol–water partition coefficient (Wildman–Crippen LogP) is 3.70. The van der Waals surface area contributed by atoms with Crippen LogP contribution in [0.2, 0.25) is 0 Å². The van der Waals surface area contributed by atoms with E-state index in [2.05, 4.69) is 27.2 Å². The first-order valence-electron chi connectivity index (χ1n) is 10.1. The molecule has 0 aliphatic carbocycles. The minimum atomic E-state index is -0.371. The van der Waals surface area contributed by atoms with E-state index < -0.39 is 0 Å². The molecule has 30 heavy (non-hydrogen) atoms. The average Bonchev–Trinajstić information content (AvgIpc) is 3.26. The fourth-order valence-electron chi connectivity index (χ4n) is 3.58. The summed E-state index contributed by atoms with van der Waals surface area (Å²) < 4.78 is 16.3.